The molecule has 0 saturated heterocycles. The Morgan fingerprint density at radius 2 is 0.742 bits per heavy atom. The quantitative estimate of drug-likeness (QED) is 0.137. The number of para-hydroxylation sites is 3. The van der Waals surface area contributed by atoms with Crippen LogP contribution in [0.15, 0.2) is 237 Å². The number of nitrogens with zero attached hydrogens (tertiary/aromatic N) is 4. The van der Waals surface area contributed by atoms with Crippen molar-refractivity contribution in [3.05, 3.63) is 248 Å². The number of allylic oxidation sites excluding steroid dienone is 1. The Morgan fingerprint density at radius 3 is 1.26 bits per heavy atom. The maximum absolute atomic E-state index is 2.32. The number of hydrogen-bond acceptors (Lipinski definition) is 2. The summed E-state index contributed by atoms with van der Waals surface area (Å²) >= 11 is 0. The highest BCUT2D eigenvalue weighted by atomic mass is 15.1. The predicted octanol–water partition coefficient (Wildman–Crippen LogP) is 15.7. The molecule has 0 radical (unpaired) electrons. The van der Waals surface area contributed by atoms with Gasteiger partial charge in [-0.1, -0.05) is 109 Å². The standard InChI is InChI=1S/C58H44N4/c1-3-13-51(14-4-1)61(55-35-31-49(32-36-55)59-41-39-47-11-7-9-17-57(47)59)53-27-23-45(24-28-53)43-19-21-44(22-20-43)46-25-29-54(30-26-46)62(52-15-5-2-6-16-52)56-37-33-50(34-38-56)60-42-40-48-12-8-10-18-58(48)60/h1-7,9-11,13-42H,8,12H2. The topological polar surface area (TPSA) is 16.3 Å². The summed E-state index contributed by atoms with van der Waals surface area (Å²) in [5.74, 6) is 0. The molecule has 10 aromatic rings. The van der Waals surface area contributed by atoms with Crippen molar-refractivity contribution in [3.8, 4) is 33.6 Å². The van der Waals surface area contributed by atoms with E-state index in [0.717, 1.165) is 52.7 Å². The minimum Gasteiger partial charge on any atom is -0.317 e. The molecule has 296 valence electrons. The summed E-state index contributed by atoms with van der Waals surface area (Å²) in [5, 5.41) is 1.24. The molecule has 62 heavy (non-hydrogen) atoms. The molecule has 0 spiro atoms. The van der Waals surface area contributed by atoms with Gasteiger partial charge in [0.05, 0.1) is 5.52 Å². The van der Waals surface area contributed by atoms with Crippen LogP contribution in [0, 0.1) is 0 Å². The van der Waals surface area contributed by atoms with E-state index >= 15 is 0 Å². The lowest BCUT2D eigenvalue weighted by molar-refractivity contribution is 0.958. The minimum atomic E-state index is 1.10. The lowest BCUT2D eigenvalue weighted by atomic mass is 9.99. The third-order valence-electron chi connectivity index (χ3n) is 12.1. The van der Waals surface area contributed by atoms with Crippen molar-refractivity contribution in [2.75, 3.05) is 9.80 Å². The third-order valence-corrected chi connectivity index (χ3v) is 12.1. The number of aromatic nitrogens is 2. The Morgan fingerprint density at radius 1 is 0.339 bits per heavy atom. The van der Waals surface area contributed by atoms with E-state index < -0.39 is 0 Å². The van der Waals surface area contributed by atoms with Crippen molar-refractivity contribution in [1.82, 2.24) is 9.13 Å². The summed E-state index contributed by atoms with van der Waals surface area (Å²) in [5.41, 5.74) is 17.6. The van der Waals surface area contributed by atoms with Crippen LogP contribution in [0.5, 0.6) is 0 Å². The summed E-state index contributed by atoms with van der Waals surface area (Å²) in [6.45, 7) is 0. The van der Waals surface area contributed by atoms with Crippen LogP contribution in [-0.2, 0) is 6.42 Å². The summed E-state index contributed by atoms with van der Waals surface area (Å²) in [6.07, 6.45) is 11.1. The molecule has 0 fully saturated rings. The molecule has 2 heterocycles. The van der Waals surface area contributed by atoms with E-state index in [1.807, 2.05) is 0 Å². The van der Waals surface area contributed by atoms with Crippen LogP contribution in [0.3, 0.4) is 0 Å². The zero-order valence-corrected chi connectivity index (χ0v) is 34.3. The fraction of sp³-hybridized carbons (Fsp3) is 0.0345. The lowest BCUT2D eigenvalue weighted by Gasteiger charge is -2.26. The first-order chi connectivity index (χ1) is 30.7. The second kappa shape index (κ2) is 16.2. The molecule has 0 N–H and O–H groups in total. The number of rotatable bonds is 10. The Balaban J connectivity index is 0.828. The zero-order chi connectivity index (χ0) is 41.2. The average molecular weight is 797 g/mol. The fourth-order valence-electron chi connectivity index (χ4n) is 8.88. The van der Waals surface area contributed by atoms with Crippen LogP contribution in [0.2, 0.25) is 0 Å². The van der Waals surface area contributed by atoms with Crippen LogP contribution in [0.4, 0.5) is 34.1 Å². The van der Waals surface area contributed by atoms with Gasteiger partial charge >= 0.3 is 0 Å². The van der Waals surface area contributed by atoms with E-state index in [1.165, 1.54) is 50.1 Å². The average Bonchev–Trinajstić information content (AvgIpc) is 3.99. The zero-order valence-electron chi connectivity index (χ0n) is 34.3. The monoisotopic (exact) mass is 796 g/mol. The van der Waals surface area contributed by atoms with Crippen molar-refractivity contribution in [3.63, 3.8) is 0 Å². The van der Waals surface area contributed by atoms with Crippen LogP contribution < -0.4 is 9.80 Å². The molecule has 0 atom stereocenters. The number of aryl methyl sites for hydroxylation is 1. The smallest absolute Gasteiger partial charge is 0.0528 e. The molecule has 8 aromatic carbocycles. The van der Waals surface area contributed by atoms with Gasteiger partial charge < -0.3 is 18.9 Å². The number of benzene rings is 8. The Bertz CT molecular complexity index is 3120. The van der Waals surface area contributed by atoms with Crippen molar-refractivity contribution < 1.29 is 0 Å². The first-order valence-corrected chi connectivity index (χ1v) is 21.4. The van der Waals surface area contributed by atoms with Crippen molar-refractivity contribution in [1.29, 1.82) is 0 Å². The van der Waals surface area contributed by atoms with Crippen LogP contribution in [-0.4, -0.2) is 9.13 Å². The van der Waals surface area contributed by atoms with Crippen LogP contribution >= 0.6 is 0 Å². The van der Waals surface area contributed by atoms with Gasteiger partial charge in [0.15, 0.2) is 0 Å². The molecule has 1 aliphatic carbocycles. The first kappa shape index (κ1) is 37.0. The Kier molecular flexibility index (Phi) is 9.64. The van der Waals surface area contributed by atoms with E-state index in [9.17, 15) is 0 Å². The van der Waals surface area contributed by atoms with Crippen molar-refractivity contribution in [2.45, 2.75) is 12.8 Å². The van der Waals surface area contributed by atoms with Gasteiger partial charge in [0, 0.05) is 63.6 Å². The van der Waals surface area contributed by atoms with Crippen molar-refractivity contribution >= 4 is 51.1 Å². The third kappa shape index (κ3) is 7.08. The van der Waals surface area contributed by atoms with E-state index in [-0.39, 0.29) is 0 Å². The first-order valence-electron chi connectivity index (χ1n) is 21.4. The molecule has 1 aliphatic rings. The van der Waals surface area contributed by atoms with Crippen LogP contribution in [0.1, 0.15) is 17.7 Å². The molecule has 4 heteroatoms. The van der Waals surface area contributed by atoms with Gasteiger partial charge in [0.1, 0.15) is 0 Å². The molecule has 4 nitrogen and oxygen atoms in total. The molecule has 0 saturated carbocycles. The summed E-state index contributed by atoms with van der Waals surface area (Å²) < 4.78 is 4.54. The van der Waals surface area contributed by atoms with Gasteiger partial charge in [-0.25, -0.2) is 0 Å². The normalized spacial score (nSPS) is 12.0. The second-order valence-corrected chi connectivity index (χ2v) is 15.8. The number of hydrogen-bond donors (Lipinski definition) is 0. The largest absolute Gasteiger partial charge is 0.317 e. The van der Waals surface area contributed by atoms with Crippen molar-refractivity contribution in [2.24, 2.45) is 0 Å². The maximum Gasteiger partial charge on any atom is 0.0528 e. The highest BCUT2D eigenvalue weighted by Gasteiger charge is 2.16. The van der Waals surface area contributed by atoms with E-state index in [1.54, 1.807) is 0 Å². The van der Waals surface area contributed by atoms with E-state index in [0.29, 0.717) is 0 Å². The minimum absolute atomic E-state index is 1.10. The summed E-state index contributed by atoms with van der Waals surface area (Å²) in [4.78, 5) is 4.64. The predicted molar refractivity (Wildman–Crippen MR) is 260 cm³/mol. The highest BCUT2D eigenvalue weighted by molar-refractivity contribution is 5.84. The number of anilines is 6. The Hall–Kier alpha value is -8.08. The van der Waals surface area contributed by atoms with Gasteiger partial charge in [0.2, 0.25) is 0 Å². The highest BCUT2D eigenvalue weighted by Crippen LogP contribution is 2.39. The van der Waals surface area contributed by atoms with Gasteiger partial charge in [-0.2, -0.15) is 0 Å². The molecule has 11 rings (SSSR count). The molecule has 0 unspecified atom stereocenters. The van der Waals surface area contributed by atoms with E-state index in [2.05, 4.69) is 262 Å². The summed E-state index contributed by atoms with van der Waals surface area (Å²) in [7, 11) is 0. The molecule has 0 bridgehead atoms. The lowest BCUT2D eigenvalue weighted by Crippen LogP contribution is -2.10. The van der Waals surface area contributed by atoms with Gasteiger partial charge in [-0.3, -0.25) is 0 Å². The molecule has 2 aromatic heterocycles. The van der Waals surface area contributed by atoms with E-state index in [4.69, 9.17) is 0 Å². The van der Waals surface area contributed by atoms with Gasteiger partial charge in [-0.15, -0.1) is 0 Å². The SMILES string of the molecule is C1=Cc2c(ccn2-c2ccc(N(c3ccccc3)c3ccc(-c4ccc(-c5ccc(N(c6ccccc6)c6ccc(-n7ccc8ccccc87)cc6)cc5)cc4)cc3)cc2)CC1. The second-order valence-electron chi connectivity index (χ2n) is 15.8. The van der Waals surface area contributed by atoms with Gasteiger partial charge in [0.25, 0.3) is 0 Å². The molecular formula is C58H44N4. The fourth-order valence-corrected chi connectivity index (χ4v) is 8.88. The maximum atomic E-state index is 2.32. The molecular weight excluding hydrogens is 753 g/mol. The van der Waals surface area contributed by atoms with Crippen LogP contribution in [0.25, 0.3) is 50.6 Å². The summed E-state index contributed by atoms with van der Waals surface area (Å²) in [6, 6.07) is 78.6. The molecule has 0 aliphatic heterocycles. The van der Waals surface area contributed by atoms with Gasteiger partial charge in [-0.05, 0) is 167 Å². The Labute approximate surface area is 363 Å². The molecule has 0 amide bonds. The number of fused-ring (bicyclic) bond motifs is 2.